The summed E-state index contributed by atoms with van der Waals surface area (Å²) >= 11 is 0. The Bertz CT molecular complexity index is 489. The van der Waals surface area contributed by atoms with Crippen LogP contribution >= 0.6 is 0 Å². The second-order valence-corrected chi connectivity index (χ2v) is 7.40. The molecule has 0 bridgehead atoms. The fourth-order valence-corrected chi connectivity index (χ4v) is 4.34. The minimum atomic E-state index is -0.00273. The molecule has 0 spiro atoms. The molecule has 3 heteroatoms. The molecule has 3 nitrogen and oxygen atoms in total. The maximum absolute atomic E-state index is 12.8. The highest BCUT2D eigenvalue weighted by Crippen LogP contribution is 2.45. The van der Waals surface area contributed by atoms with E-state index in [0.717, 1.165) is 31.5 Å². The Balaban J connectivity index is 2.08. The lowest BCUT2D eigenvalue weighted by Gasteiger charge is -2.49. The Morgan fingerprint density at radius 1 is 1.20 bits per heavy atom. The maximum Gasteiger partial charge on any atom is 0.173 e. The lowest BCUT2D eigenvalue weighted by molar-refractivity contribution is -0.129. The van der Waals surface area contributed by atoms with Crippen LogP contribution in [0.1, 0.15) is 59.3 Å². The van der Waals surface area contributed by atoms with Crippen molar-refractivity contribution in [1.29, 1.82) is 0 Å². The molecule has 0 aromatic heterocycles. The van der Waals surface area contributed by atoms with Crippen LogP contribution in [-0.4, -0.2) is 29.1 Å². The molecule has 110 valence electrons. The molecule has 0 saturated carbocycles. The molecular weight excluding hydrogens is 250 g/mol. The number of carbonyl (C=O) groups excluding carboxylic acids is 2. The van der Waals surface area contributed by atoms with Crippen LogP contribution in [0.15, 0.2) is 11.3 Å². The summed E-state index contributed by atoms with van der Waals surface area (Å²) in [5.41, 5.74) is 1.64. The quantitative estimate of drug-likeness (QED) is 0.690. The van der Waals surface area contributed by atoms with Crippen molar-refractivity contribution < 1.29 is 9.59 Å². The molecule has 0 amide bonds. The number of fused-ring (bicyclic) bond motifs is 2. The van der Waals surface area contributed by atoms with Gasteiger partial charge in [0.05, 0.1) is 5.57 Å². The van der Waals surface area contributed by atoms with E-state index in [1.165, 1.54) is 12.8 Å². The smallest absolute Gasteiger partial charge is 0.173 e. The largest absolute Gasteiger partial charge is 0.370 e. The van der Waals surface area contributed by atoms with Crippen molar-refractivity contribution in [2.45, 2.75) is 65.3 Å². The van der Waals surface area contributed by atoms with Crippen LogP contribution in [0.4, 0.5) is 0 Å². The predicted molar refractivity (Wildman–Crippen MR) is 78.2 cm³/mol. The summed E-state index contributed by atoms with van der Waals surface area (Å²) in [6, 6.07) is 0.349. The average Bonchev–Trinajstić information content (AvgIpc) is 2.37. The first-order valence-electron chi connectivity index (χ1n) is 8.02. The molecule has 0 aromatic carbocycles. The van der Waals surface area contributed by atoms with Gasteiger partial charge >= 0.3 is 0 Å². The maximum atomic E-state index is 12.8. The molecule has 3 aliphatic rings. The summed E-state index contributed by atoms with van der Waals surface area (Å²) < 4.78 is 0. The second-order valence-electron chi connectivity index (χ2n) is 7.40. The van der Waals surface area contributed by atoms with Gasteiger partial charge in [0.1, 0.15) is 0 Å². The second kappa shape index (κ2) is 4.71. The van der Waals surface area contributed by atoms with Crippen LogP contribution in [0, 0.1) is 11.3 Å². The zero-order valence-corrected chi connectivity index (χ0v) is 12.9. The van der Waals surface area contributed by atoms with Gasteiger partial charge < -0.3 is 4.90 Å². The molecule has 20 heavy (non-hydrogen) atoms. The molecule has 1 saturated heterocycles. The first-order chi connectivity index (χ1) is 9.44. The normalized spacial score (nSPS) is 33.0. The first kappa shape index (κ1) is 13.8. The van der Waals surface area contributed by atoms with Crippen LogP contribution in [0.3, 0.4) is 0 Å². The molecule has 1 fully saturated rings. The number of hydrogen-bond acceptors (Lipinski definition) is 3. The van der Waals surface area contributed by atoms with Crippen molar-refractivity contribution in [1.82, 2.24) is 4.90 Å². The third-order valence-corrected chi connectivity index (χ3v) is 5.24. The third kappa shape index (κ3) is 2.02. The zero-order valence-electron chi connectivity index (χ0n) is 12.9. The standard InChI is InChI=1S/C17H25NO2/c1-4-11-12-7-5-6-8-18(12)13-9-17(2,3)10-14(19)15(13)16(11)20/h11-12H,4-10H2,1-3H3/t11-,12+/m0/s1. The minimum absolute atomic E-state index is 0.00273. The molecule has 3 rings (SSSR count). The van der Waals surface area contributed by atoms with Gasteiger partial charge in [-0.05, 0) is 37.5 Å². The van der Waals surface area contributed by atoms with E-state index in [1.807, 2.05) is 0 Å². The van der Waals surface area contributed by atoms with E-state index >= 15 is 0 Å². The third-order valence-electron chi connectivity index (χ3n) is 5.24. The van der Waals surface area contributed by atoms with Crippen LogP contribution < -0.4 is 0 Å². The molecule has 1 aliphatic carbocycles. The van der Waals surface area contributed by atoms with E-state index in [0.29, 0.717) is 18.0 Å². The van der Waals surface area contributed by atoms with Gasteiger partial charge in [-0.2, -0.15) is 0 Å². The lowest BCUT2D eigenvalue weighted by Crippen LogP contribution is -2.53. The summed E-state index contributed by atoms with van der Waals surface area (Å²) in [6.45, 7) is 7.39. The highest BCUT2D eigenvalue weighted by molar-refractivity contribution is 6.22. The number of ketones is 2. The number of hydrogen-bond donors (Lipinski definition) is 0. The van der Waals surface area contributed by atoms with E-state index in [1.54, 1.807) is 0 Å². The van der Waals surface area contributed by atoms with Gasteiger partial charge in [0.2, 0.25) is 0 Å². The van der Waals surface area contributed by atoms with Crippen LogP contribution in [0.2, 0.25) is 0 Å². The van der Waals surface area contributed by atoms with Crippen molar-refractivity contribution >= 4 is 11.6 Å². The fraction of sp³-hybridized carbons (Fsp3) is 0.765. The van der Waals surface area contributed by atoms with E-state index in [9.17, 15) is 9.59 Å². The van der Waals surface area contributed by atoms with Crippen LogP contribution in [-0.2, 0) is 9.59 Å². The number of piperidine rings is 1. The molecule has 2 aliphatic heterocycles. The predicted octanol–water partition coefficient (Wildman–Crippen LogP) is 3.09. The Morgan fingerprint density at radius 3 is 2.65 bits per heavy atom. The Kier molecular flexibility index (Phi) is 3.26. The number of Topliss-reactive ketones (excluding diaryl/α,β-unsaturated/α-hetero) is 2. The van der Waals surface area contributed by atoms with Crippen LogP contribution in [0.5, 0.6) is 0 Å². The van der Waals surface area contributed by atoms with Gasteiger partial charge in [-0.15, -0.1) is 0 Å². The Labute approximate surface area is 121 Å². The minimum Gasteiger partial charge on any atom is -0.370 e. The first-order valence-corrected chi connectivity index (χ1v) is 8.02. The van der Waals surface area contributed by atoms with Crippen molar-refractivity contribution in [3.05, 3.63) is 11.3 Å². The molecule has 0 aromatic rings. The fourth-order valence-electron chi connectivity index (χ4n) is 4.34. The van der Waals surface area contributed by atoms with Crippen LogP contribution in [0.25, 0.3) is 0 Å². The van der Waals surface area contributed by atoms with Gasteiger partial charge in [0, 0.05) is 30.6 Å². The van der Waals surface area contributed by atoms with Crippen molar-refractivity contribution in [2.24, 2.45) is 11.3 Å². The molecule has 0 unspecified atom stereocenters. The monoisotopic (exact) mass is 275 g/mol. The molecule has 2 heterocycles. The number of nitrogens with zero attached hydrogens (tertiary/aromatic N) is 1. The lowest BCUT2D eigenvalue weighted by atomic mass is 9.68. The summed E-state index contributed by atoms with van der Waals surface area (Å²) in [4.78, 5) is 27.7. The van der Waals surface area contributed by atoms with Crippen molar-refractivity contribution in [2.75, 3.05) is 6.54 Å². The van der Waals surface area contributed by atoms with Gasteiger partial charge in [0.15, 0.2) is 11.6 Å². The van der Waals surface area contributed by atoms with Gasteiger partial charge in [0.25, 0.3) is 0 Å². The Morgan fingerprint density at radius 2 is 1.95 bits per heavy atom. The number of rotatable bonds is 1. The summed E-state index contributed by atoms with van der Waals surface area (Å²) in [6.07, 6.45) is 5.76. The SMILES string of the molecule is CC[C@@H]1C(=O)C2=C(CC(C)(C)CC2=O)N2CCCC[C@H]12. The average molecular weight is 275 g/mol. The van der Waals surface area contributed by atoms with E-state index in [2.05, 4.69) is 25.7 Å². The molecular formula is C17H25NO2. The molecule has 0 radical (unpaired) electrons. The molecule has 0 N–H and O–H groups in total. The van der Waals surface area contributed by atoms with E-state index in [-0.39, 0.29) is 22.9 Å². The topological polar surface area (TPSA) is 37.4 Å². The summed E-state index contributed by atoms with van der Waals surface area (Å²) in [5.74, 6) is 0.272. The summed E-state index contributed by atoms with van der Waals surface area (Å²) in [5, 5.41) is 0. The Hall–Kier alpha value is -1.12. The van der Waals surface area contributed by atoms with Gasteiger partial charge in [-0.25, -0.2) is 0 Å². The highest BCUT2D eigenvalue weighted by atomic mass is 16.2. The zero-order chi connectivity index (χ0) is 14.5. The van der Waals surface area contributed by atoms with E-state index < -0.39 is 0 Å². The van der Waals surface area contributed by atoms with Crippen molar-refractivity contribution in [3.63, 3.8) is 0 Å². The number of carbonyl (C=O) groups is 2. The molecule has 2 atom stereocenters. The highest BCUT2D eigenvalue weighted by Gasteiger charge is 2.47. The van der Waals surface area contributed by atoms with Gasteiger partial charge in [-0.1, -0.05) is 20.8 Å². The van der Waals surface area contributed by atoms with Crippen molar-refractivity contribution in [3.8, 4) is 0 Å². The van der Waals surface area contributed by atoms with Gasteiger partial charge in [-0.3, -0.25) is 9.59 Å². The van der Waals surface area contributed by atoms with E-state index in [4.69, 9.17) is 0 Å². The summed E-state index contributed by atoms with van der Waals surface area (Å²) in [7, 11) is 0. The number of allylic oxidation sites excluding steroid dienone is 2.